The fourth-order valence-electron chi connectivity index (χ4n) is 3.81. The first-order valence-electron chi connectivity index (χ1n) is 8.91. The van der Waals surface area contributed by atoms with Crippen LogP contribution in [0.15, 0.2) is 60.8 Å². The largest absolute Gasteiger partial charge is 0.366 e. The van der Waals surface area contributed by atoms with E-state index in [-0.39, 0.29) is 5.91 Å². The molecule has 0 aliphatic carbocycles. The highest BCUT2D eigenvalue weighted by molar-refractivity contribution is 5.97. The summed E-state index contributed by atoms with van der Waals surface area (Å²) in [6.07, 6.45) is 5.66. The minimum absolute atomic E-state index is 0.378. The van der Waals surface area contributed by atoms with Crippen LogP contribution in [0.2, 0.25) is 0 Å². The molecule has 1 aromatic heterocycles. The maximum Gasteiger partial charge on any atom is 0.248 e. The molecule has 0 radical (unpaired) electrons. The standard InChI is InChI=1S/C21H23N3O/c22-21(25)19-6-7-20-18(15-19)10-13-24(20)23-11-8-17(9-12-23)14-16-4-2-1-3-5-16/h1-7,10,13,15,17H,8-9,11-12,14H2,(H2,22,25). The molecule has 0 unspecified atom stereocenters. The average Bonchev–Trinajstić information content (AvgIpc) is 3.06. The van der Waals surface area contributed by atoms with Crippen LogP contribution in [0.5, 0.6) is 0 Å². The van der Waals surface area contributed by atoms with Crippen LogP contribution >= 0.6 is 0 Å². The van der Waals surface area contributed by atoms with Gasteiger partial charge in [-0.15, -0.1) is 0 Å². The lowest BCUT2D eigenvalue weighted by atomic mass is 9.91. The van der Waals surface area contributed by atoms with Gasteiger partial charge in [0, 0.05) is 30.2 Å². The Morgan fingerprint density at radius 1 is 1.04 bits per heavy atom. The van der Waals surface area contributed by atoms with E-state index in [1.54, 1.807) is 0 Å². The summed E-state index contributed by atoms with van der Waals surface area (Å²) in [5.41, 5.74) is 8.51. The van der Waals surface area contributed by atoms with E-state index < -0.39 is 0 Å². The second-order valence-electron chi connectivity index (χ2n) is 6.88. The van der Waals surface area contributed by atoms with Gasteiger partial charge >= 0.3 is 0 Å². The molecule has 1 saturated heterocycles. The maximum absolute atomic E-state index is 11.3. The number of aromatic nitrogens is 1. The first kappa shape index (κ1) is 15.8. The number of carbonyl (C=O) groups excluding carboxylic acids is 1. The van der Waals surface area contributed by atoms with Gasteiger partial charge in [0.15, 0.2) is 0 Å². The molecule has 0 atom stereocenters. The number of rotatable bonds is 4. The van der Waals surface area contributed by atoms with Crippen LogP contribution in [-0.2, 0) is 6.42 Å². The zero-order valence-electron chi connectivity index (χ0n) is 14.3. The Bertz CT molecular complexity index is 877. The van der Waals surface area contributed by atoms with Crippen molar-refractivity contribution in [3.05, 3.63) is 71.9 Å². The number of nitrogens with two attached hydrogens (primary N) is 1. The molecule has 4 nitrogen and oxygen atoms in total. The van der Waals surface area contributed by atoms with Crippen LogP contribution in [0.1, 0.15) is 28.8 Å². The lowest BCUT2D eigenvalue weighted by Gasteiger charge is -2.34. The number of hydrogen-bond acceptors (Lipinski definition) is 2. The van der Waals surface area contributed by atoms with Gasteiger partial charge in [0.1, 0.15) is 0 Å². The molecule has 25 heavy (non-hydrogen) atoms. The van der Waals surface area contributed by atoms with Crippen LogP contribution in [0, 0.1) is 5.92 Å². The number of carbonyl (C=O) groups is 1. The third-order valence-electron chi connectivity index (χ3n) is 5.22. The SMILES string of the molecule is NC(=O)c1ccc2c(ccn2N2CCC(Cc3ccccc3)CC2)c1. The number of amides is 1. The van der Waals surface area contributed by atoms with E-state index in [1.807, 2.05) is 18.2 Å². The van der Waals surface area contributed by atoms with Gasteiger partial charge in [-0.1, -0.05) is 30.3 Å². The molecule has 4 rings (SSSR count). The number of hydrogen-bond donors (Lipinski definition) is 1. The van der Waals surface area contributed by atoms with Crippen molar-refractivity contribution in [1.82, 2.24) is 4.68 Å². The van der Waals surface area contributed by atoms with Gasteiger partial charge in [0.2, 0.25) is 5.91 Å². The molecule has 2 N–H and O–H groups in total. The normalized spacial score (nSPS) is 15.6. The predicted molar refractivity (Wildman–Crippen MR) is 101 cm³/mol. The molecule has 0 bridgehead atoms. The summed E-state index contributed by atoms with van der Waals surface area (Å²) in [6.45, 7) is 2.11. The highest BCUT2D eigenvalue weighted by Crippen LogP contribution is 2.24. The molecule has 1 aliphatic heterocycles. The summed E-state index contributed by atoms with van der Waals surface area (Å²) < 4.78 is 2.22. The van der Waals surface area contributed by atoms with E-state index in [1.165, 1.54) is 24.8 Å². The third kappa shape index (κ3) is 3.25. The number of fused-ring (bicyclic) bond motifs is 1. The van der Waals surface area contributed by atoms with Crippen molar-refractivity contribution in [1.29, 1.82) is 0 Å². The summed E-state index contributed by atoms with van der Waals surface area (Å²) in [7, 11) is 0. The first-order chi connectivity index (χ1) is 12.2. The van der Waals surface area contributed by atoms with Crippen LogP contribution in [0.3, 0.4) is 0 Å². The summed E-state index contributed by atoms with van der Waals surface area (Å²) in [5.74, 6) is 0.373. The van der Waals surface area contributed by atoms with E-state index in [0.29, 0.717) is 5.56 Å². The van der Waals surface area contributed by atoms with Crippen LogP contribution < -0.4 is 10.7 Å². The molecular formula is C21H23N3O. The summed E-state index contributed by atoms with van der Waals surface area (Å²) >= 11 is 0. The summed E-state index contributed by atoms with van der Waals surface area (Å²) in [6, 6.07) is 18.5. The van der Waals surface area contributed by atoms with Crippen molar-refractivity contribution in [3.8, 4) is 0 Å². The van der Waals surface area contributed by atoms with Crippen LogP contribution in [-0.4, -0.2) is 23.7 Å². The second kappa shape index (κ2) is 6.63. The maximum atomic E-state index is 11.3. The number of primary amides is 1. The summed E-state index contributed by atoms with van der Waals surface area (Å²) in [4.78, 5) is 11.3. The zero-order chi connectivity index (χ0) is 17.2. The van der Waals surface area contributed by atoms with E-state index in [2.05, 4.69) is 52.3 Å². The second-order valence-corrected chi connectivity index (χ2v) is 6.88. The Labute approximate surface area is 147 Å². The fraction of sp³-hybridized carbons (Fsp3) is 0.286. The van der Waals surface area contributed by atoms with Gasteiger partial charge < -0.3 is 10.7 Å². The van der Waals surface area contributed by atoms with E-state index in [0.717, 1.165) is 29.9 Å². The minimum Gasteiger partial charge on any atom is -0.366 e. The Kier molecular flexibility index (Phi) is 4.18. The Morgan fingerprint density at radius 3 is 2.52 bits per heavy atom. The van der Waals surface area contributed by atoms with Gasteiger partial charge in [-0.05, 0) is 55.0 Å². The quantitative estimate of drug-likeness (QED) is 0.796. The molecule has 1 fully saturated rings. The average molecular weight is 333 g/mol. The van der Waals surface area contributed by atoms with Crippen LogP contribution in [0.25, 0.3) is 10.9 Å². The fourth-order valence-corrected chi connectivity index (χ4v) is 3.81. The van der Waals surface area contributed by atoms with Crippen molar-refractivity contribution in [2.75, 3.05) is 18.1 Å². The molecule has 2 heterocycles. The Morgan fingerprint density at radius 2 is 1.80 bits per heavy atom. The summed E-state index contributed by atoms with van der Waals surface area (Å²) in [5, 5.41) is 3.45. The van der Waals surface area contributed by atoms with Gasteiger partial charge in [-0.2, -0.15) is 0 Å². The lowest BCUT2D eigenvalue weighted by molar-refractivity contribution is 0.100. The molecule has 1 amide bonds. The highest BCUT2D eigenvalue weighted by atomic mass is 16.1. The molecule has 1 aliphatic rings. The molecule has 2 aromatic carbocycles. The number of nitrogens with zero attached hydrogens (tertiary/aromatic N) is 2. The molecule has 3 aromatic rings. The van der Waals surface area contributed by atoms with Gasteiger partial charge in [-0.25, -0.2) is 0 Å². The smallest absolute Gasteiger partial charge is 0.248 e. The minimum atomic E-state index is -0.378. The van der Waals surface area contributed by atoms with Gasteiger partial charge in [0.05, 0.1) is 5.52 Å². The van der Waals surface area contributed by atoms with Crippen molar-refractivity contribution >= 4 is 16.8 Å². The monoisotopic (exact) mass is 333 g/mol. The van der Waals surface area contributed by atoms with Crippen molar-refractivity contribution in [2.24, 2.45) is 11.7 Å². The van der Waals surface area contributed by atoms with Gasteiger partial charge in [0.25, 0.3) is 0 Å². The Hall–Kier alpha value is -2.75. The predicted octanol–water partition coefficient (Wildman–Crippen LogP) is 3.33. The molecule has 4 heteroatoms. The van der Waals surface area contributed by atoms with E-state index in [4.69, 9.17) is 5.73 Å². The van der Waals surface area contributed by atoms with Crippen molar-refractivity contribution < 1.29 is 4.79 Å². The third-order valence-corrected chi connectivity index (χ3v) is 5.22. The highest BCUT2D eigenvalue weighted by Gasteiger charge is 2.20. The molecule has 0 saturated carbocycles. The Balaban J connectivity index is 1.45. The van der Waals surface area contributed by atoms with E-state index >= 15 is 0 Å². The van der Waals surface area contributed by atoms with Crippen molar-refractivity contribution in [2.45, 2.75) is 19.3 Å². The van der Waals surface area contributed by atoms with Crippen LogP contribution in [0.4, 0.5) is 0 Å². The first-order valence-corrected chi connectivity index (χ1v) is 8.91. The lowest BCUT2D eigenvalue weighted by Crippen LogP contribution is -2.41. The number of piperidine rings is 1. The topological polar surface area (TPSA) is 51.3 Å². The van der Waals surface area contributed by atoms with E-state index in [9.17, 15) is 4.79 Å². The van der Waals surface area contributed by atoms with Crippen molar-refractivity contribution in [3.63, 3.8) is 0 Å². The zero-order valence-corrected chi connectivity index (χ0v) is 14.3. The number of benzene rings is 2. The molecular weight excluding hydrogens is 310 g/mol. The molecule has 128 valence electrons. The molecule has 0 spiro atoms. The van der Waals surface area contributed by atoms with Gasteiger partial charge in [-0.3, -0.25) is 9.47 Å².